The lowest BCUT2D eigenvalue weighted by atomic mass is 9.85. The Labute approximate surface area is 134 Å². The number of hydrogen-bond acceptors (Lipinski definition) is 4. The molecule has 1 fully saturated rings. The molecular formula is C17H23F2NO3. The molecule has 2 N–H and O–H groups in total. The maximum atomic E-state index is 13.3. The number of aliphatic hydroxyl groups excluding tert-OH is 1. The van der Waals surface area contributed by atoms with E-state index in [9.17, 15) is 18.7 Å². The fourth-order valence-electron chi connectivity index (χ4n) is 3.11. The van der Waals surface area contributed by atoms with Crippen molar-refractivity contribution in [3.05, 3.63) is 35.4 Å². The van der Waals surface area contributed by atoms with Crippen LogP contribution in [0.1, 0.15) is 44.3 Å². The Morgan fingerprint density at radius 3 is 2.48 bits per heavy atom. The number of carbonyl (C=O) groups excluding carboxylic acids is 1. The highest BCUT2D eigenvalue weighted by Crippen LogP contribution is 2.27. The number of benzene rings is 1. The largest absolute Gasteiger partial charge is 0.469 e. The second kappa shape index (κ2) is 7.84. The second-order valence-corrected chi connectivity index (χ2v) is 6.15. The first-order chi connectivity index (χ1) is 10.9. The summed E-state index contributed by atoms with van der Waals surface area (Å²) in [4.78, 5) is 11.5. The molecule has 6 heteroatoms. The highest BCUT2D eigenvalue weighted by atomic mass is 19.2. The minimum absolute atomic E-state index is 0.0514. The summed E-state index contributed by atoms with van der Waals surface area (Å²) in [5, 5.41) is 13.6. The molecule has 23 heavy (non-hydrogen) atoms. The molecule has 0 saturated heterocycles. The topological polar surface area (TPSA) is 58.6 Å². The van der Waals surface area contributed by atoms with E-state index in [1.165, 1.54) is 13.2 Å². The highest BCUT2D eigenvalue weighted by Gasteiger charge is 2.28. The van der Waals surface area contributed by atoms with Crippen LogP contribution in [0.4, 0.5) is 8.78 Å². The molecule has 1 aliphatic rings. The summed E-state index contributed by atoms with van der Waals surface area (Å²) in [7, 11) is 1.40. The molecule has 128 valence electrons. The third kappa shape index (κ3) is 4.48. The van der Waals surface area contributed by atoms with Crippen molar-refractivity contribution in [2.75, 3.05) is 7.11 Å². The Hall–Kier alpha value is -1.53. The smallest absolute Gasteiger partial charge is 0.308 e. The zero-order valence-corrected chi connectivity index (χ0v) is 13.4. The fraction of sp³-hybridized carbons (Fsp3) is 0.588. The van der Waals surface area contributed by atoms with Gasteiger partial charge < -0.3 is 15.2 Å². The first kappa shape index (κ1) is 17.8. The van der Waals surface area contributed by atoms with Crippen LogP contribution in [0.3, 0.4) is 0 Å². The Bertz CT molecular complexity index is 545. The van der Waals surface area contributed by atoms with E-state index < -0.39 is 17.7 Å². The van der Waals surface area contributed by atoms with Gasteiger partial charge in [-0.05, 0) is 50.3 Å². The molecule has 1 aromatic rings. The van der Waals surface area contributed by atoms with E-state index in [0.717, 1.165) is 37.8 Å². The lowest BCUT2D eigenvalue weighted by Crippen LogP contribution is -2.42. The van der Waals surface area contributed by atoms with Crippen molar-refractivity contribution in [3.8, 4) is 0 Å². The first-order valence-corrected chi connectivity index (χ1v) is 7.89. The van der Waals surface area contributed by atoms with E-state index in [1.54, 1.807) is 6.92 Å². The molecule has 0 spiro atoms. The number of hydrogen-bond donors (Lipinski definition) is 2. The van der Waals surface area contributed by atoms with Crippen molar-refractivity contribution in [2.24, 2.45) is 5.92 Å². The number of ether oxygens (including phenoxy) is 1. The van der Waals surface area contributed by atoms with Crippen LogP contribution in [-0.2, 0) is 9.53 Å². The standard InChI is InChI=1S/C17H23F2NO3/c1-10(16(21)12-5-8-14(18)15(19)9-12)20-13-6-3-11(4-7-13)17(22)23-2/h5,8-11,13,16,20-21H,3-4,6-7H2,1-2H3/t10-,11?,13?,16-/m1/s1. The number of methoxy groups -OCH3 is 1. The zero-order valence-electron chi connectivity index (χ0n) is 13.4. The van der Waals surface area contributed by atoms with Gasteiger partial charge in [-0.1, -0.05) is 6.07 Å². The third-order valence-corrected chi connectivity index (χ3v) is 4.52. The van der Waals surface area contributed by atoms with Gasteiger partial charge in [0.05, 0.1) is 19.1 Å². The summed E-state index contributed by atoms with van der Waals surface area (Å²) in [5.41, 5.74) is 0.340. The highest BCUT2D eigenvalue weighted by molar-refractivity contribution is 5.72. The Morgan fingerprint density at radius 2 is 1.91 bits per heavy atom. The Morgan fingerprint density at radius 1 is 1.26 bits per heavy atom. The van der Waals surface area contributed by atoms with Crippen LogP contribution < -0.4 is 5.32 Å². The zero-order chi connectivity index (χ0) is 17.0. The van der Waals surface area contributed by atoms with E-state index in [1.807, 2.05) is 0 Å². The molecule has 0 bridgehead atoms. The van der Waals surface area contributed by atoms with Crippen LogP contribution in [0, 0.1) is 17.6 Å². The van der Waals surface area contributed by atoms with Crippen LogP contribution in [0.15, 0.2) is 18.2 Å². The normalized spacial score (nSPS) is 24.0. The molecule has 0 aliphatic heterocycles. The van der Waals surface area contributed by atoms with Gasteiger partial charge >= 0.3 is 5.97 Å². The number of nitrogens with one attached hydrogen (secondary N) is 1. The molecule has 1 saturated carbocycles. The van der Waals surface area contributed by atoms with Gasteiger partial charge in [-0.2, -0.15) is 0 Å². The summed E-state index contributed by atoms with van der Waals surface area (Å²) < 4.78 is 31.0. The van der Waals surface area contributed by atoms with Crippen LogP contribution in [0.25, 0.3) is 0 Å². The molecule has 2 atom stereocenters. The van der Waals surface area contributed by atoms with Gasteiger partial charge in [-0.25, -0.2) is 8.78 Å². The predicted octanol–water partition coefficient (Wildman–Crippen LogP) is 2.71. The monoisotopic (exact) mass is 327 g/mol. The lowest BCUT2D eigenvalue weighted by molar-refractivity contribution is -0.146. The Balaban J connectivity index is 1.88. The number of rotatable bonds is 5. The first-order valence-electron chi connectivity index (χ1n) is 7.89. The van der Waals surface area contributed by atoms with E-state index in [0.29, 0.717) is 5.56 Å². The number of carbonyl (C=O) groups is 1. The molecule has 0 aromatic heterocycles. The Kier molecular flexibility index (Phi) is 6.07. The van der Waals surface area contributed by atoms with E-state index in [4.69, 9.17) is 4.74 Å². The van der Waals surface area contributed by atoms with E-state index in [-0.39, 0.29) is 24.0 Å². The molecule has 0 unspecified atom stereocenters. The number of aliphatic hydroxyl groups is 1. The van der Waals surface area contributed by atoms with Crippen LogP contribution in [-0.4, -0.2) is 30.3 Å². The third-order valence-electron chi connectivity index (χ3n) is 4.52. The van der Waals surface area contributed by atoms with Crippen LogP contribution in [0.5, 0.6) is 0 Å². The van der Waals surface area contributed by atoms with Gasteiger partial charge in [0.15, 0.2) is 11.6 Å². The summed E-state index contributed by atoms with van der Waals surface area (Å²) >= 11 is 0. The van der Waals surface area contributed by atoms with Crippen molar-refractivity contribution in [1.82, 2.24) is 5.32 Å². The fourth-order valence-corrected chi connectivity index (χ4v) is 3.11. The van der Waals surface area contributed by atoms with Crippen LogP contribution >= 0.6 is 0 Å². The van der Waals surface area contributed by atoms with Crippen molar-refractivity contribution in [3.63, 3.8) is 0 Å². The molecule has 0 amide bonds. The maximum absolute atomic E-state index is 13.3. The summed E-state index contributed by atoms with van der Waals surface area (Å²) in [6, 6.07) is 3.30. The quantitative estimate of drug-likeness (QED) is 0.817. The second-order valence-electron chi connectivity index (χ2n) is 6.15. The number of esters is 1. The molecule has 1 aromatic carbocycles. The van der Waals surface area contributed by atoms with Crippen molar-refractivity contribution < 1.29 is 23.4 Å². The molecule has 0 radical (unpaired) electrons. The molecule has 1 aliphatic carbocycles. The van der Waals surface area contributed by atoms with Gasteiger partial charge in [-0.3, -0.25) is 4.79 Å². The van der Waals surface area contributed by atoms with E-state index >= 15 is 0 Å². The summed E-state index contributed by atoms with van der Waals surface area (Å²) in [6.45, 7) is 1.80. The van der Waals surface area contributed by atoms with Crippen molar-refractivity contribution in [1.29, 1.82) is 0 Å². The summed E-state index contributed by atoms with van der Waals surface area (Å²) in [5.74, 6) is -2.11. The maximum Gasteiger partial charge on any atom is 0.308 e. The van der Waals surface area contributed by atoms with Crippen molar-refractivity contribution in [2.45, 2.75) is 50.8 Å². The van der Waals surface area contributed by atoms with Gasteiger partial charge in [0.1, 0.15) is 0 Å². The molecular weight excluding hydrogens is 304 g/mol. The van der Waals surface area contributed by atoms with Crippen molar-refractivity contribution >= 4 is 5.97 Å². The van der Waals surface area contributed by atoms with Crippen LogP contribution in [0.2, 0.25) is 0 Å². The molecule has 2 rings (SSSR count). The van der Waals surface area contributed by atoms with E-state index in [2.05, 4.69) is 5.32 Å². The molecule has 0 heterocycles. The van der Waals surface area contributed by atoms with Gasteiger partial charge in [0.2, 0.25) is 0 Å². The minimum Gasteiger partial charge on any atom is -0.469 e. The number of halogens is 2. The predicted molar refractivity (Wildman–Crippen MR) is 81.7 cm³/mol. The van der Waals surface area contributed by atoms with Gasteiger partial charge in [0, 0.05) is 12.1 Å². The minimum atomic E-state index is -0.965. The lowest BCUT2D eigenvalue weighted by Gasteiger charge is -2.31. The summed E-state index contributed by atoms with van der Waals surface area (Å²) in [6.07, 6.45) is 2.20. The average Bonchev–Trinajstić information content (AvgIpc) is 2.56. The average molecular weight is 327 g/mol. The molecule has 4 nitrogen and oxygen atoms in total. The SMILES string of the molecule is COC(=O)C1CCC(N[C@H](C)[C@@H](O)c2ccc(F)c(F)c2)CC1. The van der Waals surface area contributed by atoms with Gasteiger partial charge in [-0.15, -0.1) is 0 Å². The van der Waals surface area contributed by atoms with Gasteiger partial charge in [0.25, 0.3) is 0 Å².